The van der Waals surface area contributed by atoms with E-state index in [-0.39, 0.29) is 6.61 Å². The van der Waals surface area contributed by atoms with Gasteiger partial charge in [0, 0.05) is 23.6 Å². The molecule has 7 nitrogen and oxygen atoms in total. The Kier molecular flexibility index (Phi) is 5.84. The molecule has 0 saturated heterocycles. The van der Waals surface area contributed by atoms with Gasteiger partial charge in [0.2, 0.25) is 0 Å². The van der Waals surface area contributed by atoms with Crippen molar-refractivity contribution in [3.63, 3.8) is 0 Å². The second-order valence-corrected chi connectivity index (χ2v) is 5.60. The molecule has 0 aliphatic carbocycles. The van der Waals surface area contributed by atoms with E-state index >= 15 is 0 Å². The summed E-state index contributed by atoms with van der Waals surface area (Å²) < 4.78 is 10.4. The van der Waals surface area contributed by atoms with Crippen LogP contribution < -0.4 is 10.1 Å². The van der Waals surface area contributed by atoms with E-state index in [2.05, 4.69) is 15.3 Å². The van der Waals surface area contributed by atoms with Crippen LogP contribution in [0.15, 0.2) is 60.9 Å². The van der Waals surface area contributed by atoms with Crippen LogP contribution in [-0.4, -0.2) is 35.1 Å². The molecule has 1 aromatic heterocycles. The van der Waals surface area contributed by atoms with E-state index in [0.717, 1.165) is 11.3 Å². The van der Waals surface area contributed by atoms with Crippen molar-refractivity contribution < 1.29 is 19.1 Å². The molecule has 1 amide bonds. The van der Waals surface area contributed by atoms with Gasteiger partial charge in [-0.3, -0.25) is 4.79 Å². The summed E-state index contributed by atoms with van der Waals surface area (Å²) >= 11 is 0. The number of ether oxygens (including phenoxy) is 2. The van der Waals surface area contributed by atoms with Crippen LogP contribution >= 0.6 is 0 Å². The Morgan fingerprint density at radius 3 is 2.44 bits per heavy atom. The number of nitrogens with zero attached hydrogens (tertiary/aromatic N) is 1. The minimum atomic E-state index is -0.567. The predicted octanol–water partition coefficient (Wildman–Crippen LogP) is 3.27. The zero-order valence-electron chi connectivity index (χ0n) is 14.8. The molecule has 0 bridgehead atoms. The summed E-state index contributed by atoms with van der Waals surface area (Å²) in [7, 11) is 0. The Morgan fingerprint density at radius 2 is 1.81 bits per heavy atom. The maximum absolute atomic E-state index is 12.1. The molecule has 2 N–H and O–H groups in total. The molecular formula is C20H19N3O4. The lowest BCUT2D eigenvalue weighted by Gasteiger charge is -2.08. The minimum Gasteiger partial charge on any atom is -0.494 e. The molecule has 0 unspecified atom stereocenters. The molecule has 0 fully saturated rings. The predicted molar refractivity (Wildman–Crippen MR) is 101 cm³/mol. The van der Waals surface area contributed by atoms with Crippen LogP contribution in [0.4, 0.5) is 5.69 Å². The molecule has 7 heteroatoms. The minimum absolute atomic E-state index is 0.360. The summed E-state index contributed by atoms with van der Waals surface area (Å²) in [5.74, 6) is 0.451. The number of imidazole rings is 1. The second kappa shape index (κ2) is 8.66. The van der Waals surface area contributed by atoms with Crippen LogP contribution in [0.1, 0.15) is 17.3 Å². The second-order valence-electron chi connectivity index (χ2n) is 5.60. The van der Waals surface area contributed by atoms with Crippen LogP contribution in [0.2, 0.25) is 0 Å². The fourth-order valence-electron chi connectivity index (χ4n) is 2.40. The lowest BCUT2D eigenvalue weighted by Crippen LogP contribution is -2.20. The summed E-state index contributed by atoms with van der Waals surface area (Å²) in [6.07, 6.45) is 3.38. The van der Waals surface area contributed by atoms with Gasteiger partial charge < -0.3 is 19.8 Å². The third-order valence-corrected chi connectivity index (χ3v) is 3.68. The van der Waals surface area contributed by atoms with Crippen molar-refractivity contribution in [2.24, 2.45) is 0 Å². The van der Waals surface area contributed by atoms with Gasteiger partial charge >= 0.3 is 5.97 Å². The number of carbonyl (C=O) groups is 2. The summed E-state index contributed by atoms with van der Waals surface area (Å²) in [6, 6.07) is 13.7. The van der Waals surface area contributed by atoms with Crippen molar-refractivity contribution in [3.8, 4) is 17.1 Å². The van der Waals surface area contributed by atoms with E-state index in [4.69, 9.17) is 9.47 Å². The van der Waals surface area contributed by atoms with E-state index in [1.807, 2.05) is 6.92 Å². The van der Waals surface area contributed by atoms with E-state index < -0.39 is 11.9 Å². The molecule has 2 aromatic carbocycles. The molecule has 3 rings (SSSR count). The van der Waals surface area contributed by atoms with Crippen molar-refractivity contribution in [1.82, 2.24) is 9.97 Å². The molecule has 0 radical (unpaired) electrons. The number of H-pyrrole nitrogens is 1. The number of benzene rings is 2. The molecule has 0 spiro atoms. The van der Waals surface area contributed by atoms with Crippen LogP contribution in [0.5, 0.6) is 5.75 Å². The first-order valence-corrected chi connectivity index (χ1v) is 8.45. The van der Waals surface area contributed by atoms with E-state index in [9.17, 15) is 9.59 Å². The Labute approximate surface area is 156 Å². The average Bonchev–Trinajstić information content (AvgIpc) is 3.23. The zero-order valence-corrected chi connectivity index (χ0v) is 14.8. The number of aromatic nitrogens is 2. The number of hydrogen-bond donors (Lipinski definition) is 2. The third-order valence-electron chi connectivity index (χ3n) is 3.68. The number of hydrogen-bond acceptors (Lipinski definition) is 5. The fourth-order valence-corrected chi connectivity index (χ4v) is 2.40. The molecule has 0 atom stereocenters. The number of anilines is 1. The number of carbonyl (C=O) groups excluding carboxylic acids is 2. The van der Waals surface area contributed by atoms with Crippen molar-refractivity contribution in [3.05, 3.63) is 66.5 Å². The maximum atomic E-state index is 12.1. The van der Waals surface area contributed by atoms with Crippen LogP contribution in [0, 0.1) is 0 Å². The van der Waals surface area contributed by atoms with Gasteiger partial charge in [-0.05, 0) is 43.3 Å². The summed E-state index contributed by atoms with van der Waals surface area (Å²) in [6.45, 7) is 2.10. The SMILES string of the molecule is CCOc1ccc(NC(=O)COC(=O)c2ccc(-c3ncc[nH]3)cc2)cc1. The summed E-state index contributed by atoms with van der Waals surface area (Å²) in [5.41, 5.74) is 1.81. The number of nitrogens with one attached hydrogen (secondary N) is 2. The number of rotatable bonds is 7. The van der Waals surface area contributed by atoms with Crippen LogP contribution in [0.3, 0.4) is 0 Å². The van der Waals surface area contributed by atoms with Gasteiger partial charge in [0.05, 0.1) is 12.2 Å². The first-order chi connectivity index (χ1) is 13.2. The Balaban J connectivity index is 1.50. The van der Waals surface area contributed by atoms with Gasteiger partial charge in [-0.2, -0.15) is 0 Å². The standard InChI is InChI=1S/C20H19N3O4/c1-2-26-17-9-7-16(8-10-17)23-18(24)13-27-20(25)15-5-3-14(4-6-15)19-21-11-12-22-19/h3-12H,2,13H2,1H3,(H,21,22)(H,23,24). The number of esters is 1. The van der Waals surface area contributed by atoms with E-state index in [1.54, 1.807) is 60.9 Å². The topological polar surface area (TPSA) is 93.3 Å². The van der Waals surface area contributed by atoms with Gasteiger partial charge in [-0.15, -0.1) is 0 Å². The highest BCUT2D eigenvalue weighted by atomic mass is 16.5. The highest BCUT2D eigenvalue weighted by Crippen LogP contribution is 2.17. The average molecular weight is 365 g/mol. The molecule has 0 saturated carbocycles. The van der Waals surface area contributed by atoms with Gasteiger partial charge in [-0.1, -0.05) is 12.1 Å². The Bertz CT molecular complexity index is 888. The highest BCUT2D eigenvalue weighted by molar-refractivity contribution is 5.95. The molecule has 138 valence electrons. The smallest absolute Gasteiger partial charge is 0.338 e. The molecular weight excluding hydrogens is 346 g/mol. The van der Waals surface area contributed by atoms with E-state index in [0.29, 0.717) is 23.7 Å². The Hall–Kier alpha value is -3.61. The zero-order chi connectivity index (χ0) is 19.1. The monoisotopic (exact) mass is 365 g/mol. The fraction of sp³-hybridized carbons (Fsp3) is 0.150. The molecule has 0 aliphatic rings. The van der Waals surface area contributed by atoms with Gasteiger partial charge in [-0.25, -0.2) is 9.78 Å². The summed E-state index contributed by atoms with van der Waals surface area (Å²) in [4.78, 5) is 31.1. The third kappa shape index (κ3) is 4.94. The number of amides is 1. The van der Waals surface area contributed by atoms with Gasteiger partial charge in [0.25, 0.3) is 5.91 Å². The van der Waals surface area contributed by atoms with Gasteiger partial charge in [0.1, 0.15) is 11.6 Å². The lowest BCUT2D eigenvalue weighted by molar-refractivity contribution is -0.119. The summed E-state index contributed by atoms with van der Waals surface area (Å²) in [5, 5.41) is 2.66. The van der Waals surface area contributed by atoms with Crippen LogP contribution in [-0.2, 0) is 9.53 Å². The quantitative estimate of drug-likeness (QED) is 0.627. The first kappa shape index (κ1) is 18.2. The first-order valence-electron chi connectivity index (χ1n) is 8.45. The van der Waals surface area contributed by atoms with E-state index in [1.165, 1.54) is 0 Å². The van der Waals surface area contributed by atoms with Gasteiger partial charge in [0.15, 0.2) is 6.61 Å². The van der Waals surface area contributed by atoms with Crippen LogP contribution in [0.25, 0.3) is 11.4 Å². The van der Waals surface area contributed by atoms with Crippen molar-refractivity contribution in [2.75, 3.05) is 18.5 Å². The number of aromatic amines is 1. The molecule has 0 aliphatic heterocycles. The maximum Gasteiger partial charge on any atom is 0.338 e. The Morgan fingerprint density at radius 1 is 1.07 bits per heavy atom. The molecule has 3 aromatic rings. The van der Waals surface area contributed by atoms with Crippen molar-refractivity contribution in [1.29, 1.82) is 0 Å². The molecule has 27 heavy (non-hydrogen) atoms. The highest BCUT2D eigenvalue weighted by Gasteiger charge is 2.11. The normalized spacial score (nSPS) is 10.3. The molecule has 1 heterocycles. The largest absolute Gasteiger partial charge is 0.494 e. The van der Waals surface area contributed by atoms with Crippen molar-refractivity contribution in [2.45, 2.75) is 6.92 Å². The van der Waals surface area contributed by atoms with Crippen molar-refractivity contribution >= 4 is 17.6 Å². The lowest BCUT2D eigenvalue weighted by atomic mass is 10.1.